The summed E-state index contributed by atoms with van der Waals surface area (Å²) < 4.78 is 0. The number of benzene rings is 3. The number of allylic oxidation sites excluding steroid dienone is 2. The number of fused-ring (bicyclic) bond motifs is 2. The van der Waals surface area contributed by atoms with Gasteiger partial charge in [-0.05, 0) is 63.9 Å². The van der Waals surface area contributed by atoms with Crippen LogP contribution in [-0.2, 0) is 0 Å². The highest BCUT2D eigenvalue weighted by atomic mass is 32.2. The first-order valence-corrected chi connectivity index (χ1v) is 10.7. The molecule has 1 heterocycles. The Morgan fingerprint density at radius 2 is 1.69 bits per heavy atom. The predicted octanol–water partition coefficient (Wildman–Crippen LogP) is 5.09. The molecule has 3 aromatic carbocycles. The summed E-state index contributed by atoms with van der Waals surface area (Å²) in [6.45, 7) is 4.45. The summed E-state index contributed by atoms with van der Waals surface area (Å²) in [5, 5.41) is 24.6. The third-order valence-corrected chi connectivity index (χ3v) is 7.00. The van der Waals surface area contributed by atoms with Crippen molar-refractivity contribution in [2.75, 3.05) is 7.05 Å². The minimum Gasteiger partial charge on any atom is -0.341 e. The van der Waals surface area contributed by atoms with E-state index in [0.29, 0.717) is 5.57 Å². The van der Waals surface area contributed by atoms with Gasteiger partial charge < -0.3 is 10.3 Å². The number of hydrogen-bond donors (Lipinski definition) is 1. The van der Waals surface area contributed by atoms with E-state index in [9.17, 15) is 5.26 Å². The smallest absolute Gasteiger partial charge is 0.101 e. The first-order chi connectivity index (χ1) is 14.1. The van der Waals surface area contributed by atoms with E-state index in [1.807, 2.05) is 30.0 Å². The van der Waals surface area contributed by atoms with Crippen LogP contribution in [0.3, 0.4) is 0 Å². The molecule has 4 heteroatoms. The molecule has 0 radical (unpaired) electrons. The normalized spacial score (nSPS) is 17.1. The van der Waals surface area contributed by atoms with E-state index < -0.39 is 0 Å². The minimum absolute atomic E-state index is 0.381. The van der Waals surface area contributed by atoms with Crippen LogP contribution in [-0.4, -0.2) is 18.2 Å². The lowest BCUT2D eigenvalue weighted by Crippen LogP contribution is -2.17. The van der Waals surface area contributed by atoms with E-state index in [2.05, 4.69) is 62.2 Å². The Bertz CT molecular complexity index is 1340. The summed E-state index contributed by atoms with van der Waals surface area (Å²) in [4.78, 5) is 3.81. The van der Waals surface area contributed by atoms with Gasteiger partial charge in [-0.3, -0.25) is 0 Å². The summed E-state index contributed by atoms with van der Waals surface area (Å²) in [5.74, 6) is 0. The Labute approximate surface area is 175 Å². The first kappa shape index (κ1) is 19.3. The molecule has 4 rings (SSSR count). The molecule has 0 unspecified atom stereocenters. The molecule has 3 aromatic rings. The summed E-state index contributed by atoms with van der Waals surface area (Å²) >= 11 is 1.89. The zero-order valence-corrected chi connectivity index (χ0v) is 17.7. The number of hydrogen-bond acceptors (Lipinski definition) is 4. The van der Waals surface area contributed by atoms with Crippen LogP contribution < -0.4 is 10.4 Å². The largest absolute Gasteiger partial charge is 0.341 e. The summed E-state index contributed by atoms with van der Waals surface area (Å²) in [7, 11) is 2.17. The van der Waals surface area contributed by atoms with Crippen molar-refractivity contribution in [2.24, 2.45) is 0 Å². The van der Waals surface area contributed by atoms with Gasteiger partial charge in [0.2, 0.25) is 0 Å². The fraction of sp³-hybridized carbons (Fsp3) is 0.200. The fourth-order valence-corrected chi connectivity index (χ4v) is 5.26. The standard InChI is InChI=1S/C25H23N3S/c1-4-23-24(5-2)29-25(28(23)3)19-9-8-17-10-20-12-18(22(14-26)15-27)7-6-16(20)11-21(17)13-19/h6-14,26H,4-5H2,1-3H3/b22-18+,25-19+,26-14?. The number of nitrogens with one attached hydrogen (secondary N) is 1. The molecule has 29 heavy (non-hydrogen) atoms. The van der Waals surface area contributed by atoms with Crippen LogP contribution in [0.1, 0.15) is 26.7 Å². The van der Waals surface area contributed by atoms with Gasteiger partial charge in [-0.25, -0.2) is 0 Å². The van der Waals surface area contributed by atoms with Crippen molar-refractivity contribution in [3.8, 4) is 6.07 Å². The molecule has 0 saturated heterocycles. The Kier molecular flexibility index (Phi) is 5.17. The van der Waals surface area contributed by atoms with Gasteiger partial charge in [-0.15, -0.1) is 0 Å². The van der Waals surface area contributed by atoms with Crippen molar-refractivity contribution in [3.05, 3.63) is 69.6 Å². The van der Waals surface area contributed by atoms with E-state index in [4.69, 9.17) is 5.41 Å². The van der Waals surface area contributed by atoms with Crippen molar-refractivity contribution in [2.45, 2.75) is 26.7 Å². The zero-order valence-electron chi connectivity index (χ0n) is 16.9. The summed E-state index contributed by atoms with van der Waals surface area (Å²) in [6.07, 6.45) is 3.23. The lowest BCUT2D eigenvalue weighted by atomic mass is 10.0. The van der Waals surface area contributed by atoms with Gasteiger partial charge in [-0.2, -0.15) is 5.26 Å². The molecule has 0 aliphatic carbocycles. The lowest BCUT2D eigenvalue weighted by Gasteiger charge is -2.16. The van der Waals surface area contributed by atoms with Gasteiger partial charge in [0.25, 0.3) is 0 Å². The molecule has 0 spiro atoms. The SMILES string of the molecule is CCC1=C(CC)N(C)/C(=c2/ccc3cc4c/c(=C(/C#N)C=N)ccc4cc3c2)S1. The molecular weight excluding hydrogens is 374 g/mol. The molecule has 0 saturated carbocycles. The molecular formula is C25H23N3S. The lowest BCUT2D eigenvalue weighted by molar-refractivity contribution is 0.585. The average molecular weight is 398 g/mol. The highest BCUT2D eigenvalue weighted by Gasteiger charge is 2.23. The highest BCUT2D eigenvalue weighted by Crippen LogP contribution is 2.43. The van der Waals surface area contributed by atoms with Gasteiger partial charge in [0.1, 0.15) is 6.07 Å². The molecule has 1 N–H and O–H groups in total. The number of thioether (sulfide) groups is 1. The Balaban J connectivity index is 1.89. The van der Waals surface area contributed by atoms with Crippen LogP contribution in [0.4, 0.5) is 0 Å². The van der Waals surface area contributed by atoms with Crippen molar-refractivity contribution in [1.82, 2.24) is 4.90 Å². The zero-order chi connectivity index (χ0) is 20.5. The molecule has 1 aliphatic rings. The summed E-state index contributed by atoms with van der Waals surface area (Å²) in [5.41, 5.74) is 1.81. The highest BCUT2D eigenvalue weighted by molar-refractivity contribution is 8.11. The van der Waals surface area contributed by atoms with Crippen LogP contribution in [0.2, 0.25) is 0 Å². The fourth-order valence-electron chi connectivity index (χ4n) is 4.00. The van der Waals surface area contributed by atoms with Crippen LogP contribution in [0, 0.1) is 16.7 Å². The van der Waals surface area contributed by atoms with Gasteiger partial charge >= 0.3 is 0 Å². The van der Waals surface area contributed by atoms with E-state index in [-0.39, 0.29) is 0 Å². The second kappa shape index (κ2) is 7.77. The molecule has 0 aromatic heterocycles. The van der Waals surface area contributed by atoms with E-state index in [0.717, 1.165) is 35.0 Å². The predicted molar refractivity (Wildman–Crippen MR) is 125 cm³/mol. The number of nitrogens with zero attached hydrogens (tertiary/aromatic N) is 2. The maximum absolute atomic E-state index is 9.20. The average Bonchev–Trinajstić information content (AvgIpc) is 3.08. The van der Waals surface area contributed by atoms with Crippen LogP contribution in [0.5, 0.6) is 0 Å². The van der Waals surface area contributed by atoms with Gasteiger partial charge in [0.15, 0.2) is 0 Å². The Morgan fingerprint density at radius 3 is 2.28 bits per heavy atom. The van der Waals surface area contributed by atoms with E-state index in [1.165, 1.54) is 31.6 Å². The minimum atomic E-state index is 0.381. The third-order valence-electron chi connectivity index (χ3n) is 5.53. The molecule has 0 bridgehead atoms. The molecule has 0 amide bonds. The van der Waals surface area contributed by atoms with E-state index >= 15 is 0 Å². The van der Waals surface area contributed by atoms with Crippen molar-refractivity contribution in [1.29, 1.82) is 10.7 Å². The second-order valence-electron chi connectivity index (χ2n) is 7.19. The topological polar surface area (TPSA) is 50.9 Å². The van der Waals surface area contributed by atoms with Gasteiger partial charge in [-0.1, -0.05) is 49.9 Å². The van der Waals surface area contributed by atoms with Crippen molar-refractivity contribution in [3.63, 3.8) is 0 Å². The molecule has 0 fully saturated rings. The molecule has 1 aliphatic heterocycles. The number of nitriles is 1. The summed E-state index contributed by atoms with van der Waals surface area (Å²) in [6, 6.07) is 19.1. The Hall–Kier alpha value is -3.03. The maximum atomic E-state index is 9.20. The van der Waals surface area contributed by atoms with Crippen LogP contribution in [0.25, 0.3) is 32.1 Å². The quantitative estimate of drug-likeness (QED) is 0.494. The van der Waals surface area contributed by atoms with Crippen LogP contribution >= 0.6 is 11.8 Å². The van der Waals surface area contributed by atoms with E-state index in [1.54, 1.807) is 0 Å². The maximum Gasteiger partial charge on any atom is 0.101 e. The molecule has 0 atom stereocenters. The van der Waals surface area contributed by atoms with Crippen molar-refractivity contribution < 1.29 is 0 Å². The Morgan fingerprint density at radius 1 is 1.00 bits per heavy atom. The molecule has 144 valence electrons. The van der Waals surface area contributed by atoms with Gasteiger partial charge in [0.05, 0.1) is 10.6 Å². The van der Waals surface area contributed by atoms with Crippen molar-refractivity contribution >= 4 is 50.1 Å². The van der Waals surface area contributed by atoms with Crippen LogP contribution in [0.15, 0.2) is 59.1 Å². The second-order valence-corrected chi connectivity index (χ2v) is 8.27. The monoisotopic (exact) mass is 397 g/mol. The third kappa shape index (κ3) is 3.32. The van der Waals surface area contributed by atoms with Gasteiger partial charge in [0, 0.05) is 29.1 Å². The first-order valence-electron chi connectivity index (χ1n) is 9.86. The number of rotatable bonds is 3. The molecule has 3 nitrogen and oxygen atoms in total.